The molecule has 7 heteroatoms. The molecular weight excluding hydrogens is 460 g/mol. The normalized spacial score (nSPS) is 14.6. The van der Waals surface area contributed by atoms with Gasteiger partial charge in [-0.05, 0) is 79.7 Å². The number of anilines is 1. The second-order valence-electron chi connectivity index (χ2n) is 8.12. The maximum absolute atomic E-state index is 13.3. The molecule has 0 aliphatic carbocycles. The number of likely N-dealkylation sites (N-methyl/N-ethyl adjacent to an activating group) is 1. The average Bonchev–Trinajstić information content (AvgIpc) is 3.08. The fourth-order valence-corrected chi connectivity index (χ4v) is 4.03. The molecular formula is C28H28N2O4S. The highest BCUT2D eigenvalue weighted by Gasteiger charge is 2.36. The Labute approximate surface area is 211 Å². The highest BCUT2D eigenvalue weighted by Crippen LogP contribution is 2.32. The molecule has 0 radical (unpaired) electrons. The van der Waals surface area contributed by atoms with Crippen molar-refractivity contribution in [3.05, 3.63) is 89.1 Å². The zero-order valence-corrected chi connectivity index (χ0v) is 21.1. The second kappa shape index (κ2) is 10.6. The molecule has 0 aromatic heterocycles. The van der Waals surface area contributed by atoms with E-state index < -0.39 is 0 Å². The zero-order valence-electron chi connectivity index (χ0n) is 20.3. The van der Waals surface area contributed by atoms with Crippen LogP contribution in [-0.2, 0) is 11.4 Å². The molecule has 1 amide bonds. The van der Waals surface area contributed by atoms with Crippen molar-refractivity contribution in [3.8, 4) is 17.2 Å². The van der Waals surface area contributed by atoms with Crippen LogP contribution in [0.3, 0.4) is 0 Å². The predicted octanol–water partition coefficient (Wildman–Crippen LogP) is 5.59. The van der Waals surface area contributed by atoms with E-state index in [1.807, 2.05) is 61.5 Å². The van der Waals surface area contributed by atoms with Crippen LogP contribution < -0.4 is 19.1 Å². The van der Waals surface area contributed by atoms with Gasteiger partial charge in [0.1, 0.15) is 18.1 Å². The first-order valence-corrected chi connectivity index (χ1v) is 11.7. The molecule has 3 aromatic carbocycles. The molecule has 0 spiro atoms. The molecule has 6 nitrogen and oxygen atoms in total. The molecule has 1 aliphatic heterocycles. The summed E-state index contributed by atoms with van der Waals surface area (Å²) in [7, 11) is 3.39. The molecule has 0 N–H and O–H groups in total. The van der Waals surface area contributed by atoms with Gasteiger partial charge in [0.2, 0.25) is 0 Å². The highest BCUT2D eigenvalue weighted by molar-refractivity contribution is 7.80. The van der Waals surface area contributed by atoms with Gasteiger partial charge in [0, 0.05) is 7.05 Å². The maximum Gasteiger partial charge on any atom is 0.281 e. The number of amides is 1. The van der Waals surface area contributed by atoms with Crippen molar-refractivity contribution < 1.29 is 19.0 Å². The van der Waals surface area contributed by atoms with Crippen LogP contribution in [0.15, 0.2) is 72.4 Å². The SMILES string of the molecule is CCOc1ccc(N2C(=O)/C(=C/c3ccc(OCc4ccc(C)cc4)c(OC)c3)N(C)C2=S)cc1. The summed E-state index contributed by atoms with van der Waals surface area (Å²) in [6.45, 7) is 4.99. The van der Waals surface area contributed by atoms with Crippen molar-refractivity contribution in [2.45, 2.75) is 20.5 Å². The van der Waals surface area contributed by atoms with E-state index in [9.17, 15) is 4.79 Å². The zero-order chi connectivity index (χ0) is 24.9. The quantitative estimate of drug-likeness (QED) is 0.305. The van der Waals surface area contributed by atoms with Crippen LogP contribution in [0.5, 0.6) is 17.2 Å². The molecule has 180 valence electrons. The number of nitrogens with zero attached hydrogens (tertiary/aromatic N) is 2. The molecule has 0 unspecified atom stereocenters. The molecule has 1 aliphatic rings. The largest absolute Gasteiger partial charge is 0.494 e. The van der Waals surface area contributed by atoms with Crippen molar-refractivity contribution >= 4 is 35.0 Å². The lowest BCUT2D eigenvalue weighted by Gasteiger charge is -2.16. The molecule has 4 rings (SSSR count). The van der Waals surface area contributed by atoms with Crippen LogP contribution in [-0.4, -0.2) is 36.7 Å². The predicted molar refractivity (Wildman–Crippen MR) is 142 cm³/mol. The number of aryl methyl sites for hydroxylation is 1. The molecule has 0 saturated carbocycles. The molecule has 35 heavy (non-hydrogen) atoms. The first kappa shape index (κ1) is 24.3. The maximum atomic E-state index is 13.3. The van der Waals surface area contributed by atoms with E-state index in [4.69, 9.17) is 26.4 Å². The third-order valence-corrected chi connectivity index (χ3v) is 6.13. The van der Waals surface area contributed by atoms with Gasteiger partial charge in [-0.25, -0.2) is 0 Å². The number of ether oxygens (including phenoxy) is 3. The van der Waals surface area contributed by atoms with E-state index in [0.717, 1.165) is 16.9 Å². The third kappa shape index (κ3) is 5.30. The number of methoxy groups -OCH3 is 1. The Morgan fingerprint density at radius 3 is 2.31 bits per heavy atom. The second-order valence-corrected chi connectivity index (χ2v) is 8.49. The standard InChI is InChI=1S/C28H28N2O4S/c1-5-33-23-13-11-22(12-14-23)30-27(31)24(29(3)28(30)35)16-21-10-15-25(26(17-21)32-4)34-18-20-8-6-19(2)7-9-20/h6-17H,5,18H2,1-4H3/b24-16-. The minimum absolute atomic E-state index is 0.194. The monoisotopic (exact) mass is 488 g/mol. The molecule has 1 saturated heterocycles. The first-order valence-electron chi connectivity index (χ1n) is 11.3. The molecule has 1 fully saturated rings. The summed E-state index contributed by atoms with van der Waals surface area (Å²) < 4.78 is 17.0. The fourth-order valence-electron chi connectivity index (χ4n) is 3.74. The van der Waals surface area contributed by atoms with E-state index >= 15 is 0 Å². The third-order valence-electron chi connectivity index (χ3n) is 5.67. The summed E-state index contributed by atoms with van der Waals surface area (Å²) in [5.74, 6) is 1.77. The van der Waals surface area contributed by atoms with Gasteiger partial charge in [0.15, 0.2) is 16.6 Å². The van der Waals surface area contributed by atoms with Gasteiger partial charge in [-0.1, -0.05) is 35.9 Å². The Bertz CT molecular complexity index is 1250. The number of hydrogen-bond donors (Lipinski definition) is 0. The van der Waals surface area contributed by atoms with Gasteiger partial charge in [-0.15, -0.1) is 0 Å². The summed E-state index contributed by atoms with van der Waals surface area (Å²) in [5.41, 5.74) is 4.24. The van der Waals surface area contributed by atoms with E-state index in [0.29, 0.717) is 41.2 Å². The van der Waals surface area contributed by atoms with Gasteiger partial charge in [-0.2, -0.15) is 0 Å². The van der Waals surface area contributed by atoms with Crippen molar-refractivity contribution in [2.75, 3.05) is 25.7 Å². The minimum Gasteiger partial charge on any atom is -0.494 e. The van der Waals surface area contributed by atoms with E-state index in [2.05, 4.69) is 19.1 Å². The smallest absolute Gasteiger partial charge is 0.281 e. The number of rotatable bonds is 8. The van der Waals surface area contributed by atoms with Gasteiger partial charge >= 0.3 is 0 Å². The van der Waals surface area contributed by atoms with Crippen molar-refractivity contribution in [1.29, 1.82) is 0 Å². The van der Waals surface area contributed by atoms with Crippen molar-refractivity contribution in [3.63, 3.8) is 0 Å². The van der Waals surface area contributed by atoms with Gasteiger partial charge in [0.05, 0.1) is 19.4 Å². The summed E-state index contributed by atoms with van der Waals surface area (Å²) in [5, 5.41) is 0.412. The summed E-state index contributed by atoms with van der Waals surface area (Å²) in [4.78, 5) is 16.5. The average molecular weight is 489 g/mol. The Kier molecular flexibility index (Phi) is 7.36. The number of hydrogen-bond acceptors (Lipinski definition) is 5. The number of thiocarbonyl (C=S) groups is 1. The van der Waals surface area contributed by atoms with E-state index in [1.165, 1.54) is 10.5 Å². The number of carbonyl (C=O) groups excluding carboxylic acids is 1. The van der Waals surface area contributed by atoms with Crippen LogP contribution in [0.2, 0.25) is 0 Å². The topological polar surface area (TPSA) is 51.2 Å². The van der Waals surface area contributed by atoms with Crippen LogP contribution in [0.1, 0.15) is 23.6 Å². The first-order chi connectivity index (χ1) is 16.9. The van der Waals surface area contributed by atoms with E-state index in [-0.39, 0.29) is 5.91 Å². The summed E-state index contributed by atoms with van der Waals surface area (Å²) in [6, 6.07) is 21.1. The lowest BCUT2D eigenvalue weighted by atomic mass is 10.1. The molecule has 3 aromatic rings. The van der Waals surface area contributed by atoms with Crippen LogP contribution in [0, 0.1) is 6.92 Å². The Morgan fingerprint density at radius 1 is 0.943 bits per heavy atom. The molecule has 0 atom stereocenters. The van der Waals surface area contributed by atoms with Crippen molar-refractivity contribution in [2.24, 2.45) is 0 Å². The van der Waals surface area contributed by atoms with Crippen molar-refractivity contribution in [1.82, 2.24) is 4.90 Å². The van der Waals surface area contributed by atoms with Crippen LogP contribution >= 0.6 is 12.2 Å². The Hall–Kier alpha value is -3.84. The lowest BCUT2D eigenvalue weighted by Crippen LogP contribution is -2.31. The lowest BCUT2D eigenvalue weighted by molar-refractivity contribution is -0.114. The highest BCUT2D eigenvalue weighted by atomic mass is 32.1. The number of carbonyl (C=O) groups is 1. The summed E-state index contributed by atoms with van der Waals surface area (Å²) >= 11 is 5.57. The van der Waals surface area contributed by atoms with Crippen LogP contribution in [0.25, 0.3) is 6.08 Å². The molecule has 1 heterocycles. The van der Waals surface area contributed by atoms with E-state index in [1.54, 1.807) is 25.1 Å². The van der Waals surface area contributed by atoms with Gasteiger partial charge in [0.25, 0.3) is 5.91 Å². The molecule has 0 bridgehead atoms. The van der Waals surface area contributed by atoms with Gasteiger partial charge < -0.3 is 19.1 Å². The van der Waals surface area contributed by atoms with Gasteiger partial charge in [-0.3, -0.25) is 9.69 Å². The summed E-state index contributed by atoms with van der Waals surface area (Å²) in [6.07, 6.45) is 1.80. The minimum atomic E-state index is -0.194. The fraction of sp³-hybridized carbons (Fsp3) is 0.214. The number of benzene rings is 3. The van der Waals surface area contributed by atoms with Crippen LogP contribution in [0.4, 0.5) is 5.69 Å². The Balaban J connectivity index is 1.54. The Morgan fingerprint density at radius 2 is 1.66 bits per heavy atom.